The van der Waals surface area contributed by atoms with Crippen LogP contribution in [0, 0.1) is 0 Å². The third-order valence-corrected chi connectivity index (χ3v) is 5.00. The van der Waals surface area contributed by atoms with Gasteiger partial charge in [0, 0.05) is 10.2 Å². The molecule has 0 aliphatic carbocycles. The third kappa shape index (κ3) is 3.42. The molecule has 0 saturated carbocycles. The van der Waals surface area contributed by atoms with E-state index in [4.69, 9.17) is 33.7 Å². The van der Waals surface area contributed by atoms with Crippen LogP contribution in [-0.2, 0) is 11.3 Å². The molecule has 0 spiro atoms. The Hall–Kier alpha value is -0.750. The van der Waals surface area contributed by atoms with Gasteiger partial charge in [-0.3, -0.25) is 0 Å². The number of hydrogen-bond acceptors (Lipinski definition) is 4. The van der Waals surface area contributed by atoms with E-state index in [1.807, 2.05) is 11.4 Å². The van der Waals surface area contributed by atoms with Crippen molar-refractivity contribution < 1.29 is 9.53 Å². The first-order chi connectivity index (χ1) is 8.99. The smallest absolute Gasteiger partial charge is 0.340 e. The average molecular weight is 381 g/mol. The van der Waals surface area contributed by atoms with Crippen molar-refractivity contribution in [1.82, 2.24) is 0 Å². The summed E-state index contributed by atoms with van der Waals surface area (Å²) in [5.41, 5.74) is 6.15. The van der Waals surface area contributed by atoms with E-state index in [1.54, 1.807) is 0 Å². The summed E-state index contributed by atoms with van der Waals surface area (Å²) in [5.74, 6) is -0.556. The molecule has 100 valence electrons. The second-order valence-electron chi connectivity index (χ2n) is 3.63. The molecule has 1 aromatic heterocycles. The van der Waals surface area contributed by atoms with Gasteiger partial charge in [-0.05, 0) is 39.5 Å². The molecule has 1 heterocycles. The molecule has 0 aliphatic heterocycles. The molecule has 19 heavy (non-hydrogen) atoms. The molecule has 0 aliphatic rings. The number of halogens is 3. The monoisotopic (exact) mass is 379 g/mol. The van der Waals surface area contributed by atoms with Crippen molar-refractivity contribution in [1.29, 1.82) is 0 Å². The maximum Gasteiger partial charge on any atom is 0.340 e. The number of thiophene rings is 1. The quantitative estimate of drug-likeness (QED) is 0.617. The van der Waals surface area contributed by atoms with Gasteiger partial charge in [0.25, 0.3) is 0 Å². The highest BCUT2D eigenvalue weighted by Crippen LogP contribution is 2.30. The van der Waals surface area contributed by atoms with E-state index in [0.29, 0.717) is 5.69 Å². The second-order valence-corrected chi connectivity index (χ2v) is 6.27. The Labute approximate surface area is 132 Å². The number of nitrogens with two attached hydrogens (primary N) is 1. The summed E-state index contributed by atoms with van der Waals surface area (Å²) < 4.78 is 6.09. The van der Waals surface area contributed by atoms with Gasteiger partial charge >= 0.3 is 5.97 Å². The first kappa shape index (κ1) is 14.7. The summed E-state index contributed by atoms with van der Waals surface area (Å²) in [5, 5.41) is 2.27. The normalized spacial score (nSPS) is 10.5. The Kier molecular flexibility index (Phi) is 4.73. The third-order valence-electron chi connectivity index (χ3n) is 2.30. The summed E-state index contributed by atoms with van der Waals surface area (Å²) in [7, 11) is 0. The second kappa shape index (κ2) is 6.13. The highest BCUT2D eigenvalue weighted by Gasteiger charge is 2.16. The van der Waals surface area contributed by atoms with Crippen LogP contribution in [0.4, 0.5) is 5.69 Å². The fraction of sp³-hybridized carbons (Fsp3) is 0.0833. The standard InChI is InChI=1S/C12H8BrCl2NO2S/c13-8-1-2-19-10(8)5-18-12(17)7-3-6(16)4-9(14)11(7)15/h1-4H,5,16H2. The predicted octanol–water partition coefficient (Wildman–Crippen LogP) is 4.76. The van der Waals surface area contributed by atoms with Crippen LogP contribution >= 0.6 is 50.5 Å². The van der Waals surface area contributed by atoms with Gasteiger partial charge in [0.2, 0.25) is 0 Å². The van der Waals surface area contributed by atoms with Crippen molar-refractivity contribution in [2.75, 3.05) is 5.73 Å². The maximum absolute atomic E-state index is 11.9. The van der Waals surface area contributed by atoms with Crippen molar-refractivity contribution in [3.8, 4) is 0 Å². The van der Waals surface area contributed by atoms with Gasteiger partial charge in [-0.1, -0.05) is 23.2 Å². The summed E-state index contributed by atoms with van der Waals surface area (Å²) in [4.78, 5) is 12.9. The van der Waals surface area contributed by atoms with Crippen LogP contribution in [0.3, 0.4) is 0 Å². The number of anilines is 1. The van der Waals surface area contributed by atoms with Crippen LogP contribution in [0.1, 0.15) is 15.2 Å². The molecule has 2 aromatic rings. The van der Waals surface area contributed by atoms with E-state index in [2.05, 4.69) is 15.9 Å². The van der Waals surface area contributed by atoms with Crippen LogP contribution in [-0.4, -0.2) is 5.97 Å². The van der Waals surface area contributed by atoms with Gasteiger partial charge in [-0.15, -0.1) is 11.3 Å². The number of carbonyl (C=O) groups excluding carboxylic acids is 1. The number of hydrogen-bond donors (Lipinski definition) is 1. The van der Waals surface area contributed by atoms with Crippen molar-refractivity contribution in [3.05, 3.63) is 48.5 Å². The summed E-state index contributed by atoms with van der Waals surface area (Å²) in [6.45, 7) is 0.166. The molecule has 7 heteroatoms. The highest BCUT2D eigenvalue weighted by molar-refractivity contribution is 9.10. The predicted molar refractivity (Wildman–Crippen MR) is 82.0 cm³/mol. The topological polar surface area (TPSA) is 52.3 Å². The molecule has 0 amide bonds. The molecular formula is C12H8BrCl2NO2S. The Morgan fingerprint density at radius 1 is 1.42 bits per heavy atom. The Bertz CT molecular complexity index is 630. The summed E-state index contributed by atoms with van der Waals surface area (Å²) in [6.07, 6.45) is 0. The minimum atomic E-state index is -0.556. The molecule has 0 radical (unpaired) electrons. The van der Waals surface area contributed by atoms with E-state index in [-0.39, 0.29) is 22.2 Å². The first-order valence-electron chi connectivity index (χ1n) is 5.12. The zero-order valence-electron chi connectivity index (χ0n) is 9.45. The van der Waals surface area contributed by atoms with Crippen LogP contribution in [0.2, 0.25) is 10.0 Å². The highest BCUT2D eigenvalue weighted by atomic mass is 79.9. The molecule has 0 bridgehead atoms. The zero-order valence-corrected chi connectivity index (χ0v) is 13.4. The van der Waals surface area contributed by atoms with E-state index in [9.17, 15) is 4.79 Å². The van der Waals surface area contributed by atoms with E-state index in [1.165, 1.54) is 23.5 Å². The van der Waals surface area contributed by atoms with Gasteiger partial charge in [0.1, 0.15) is 6.61 Å². The molecule has 0 atom stereocenters. The Morgan fingerprint density at radius 3 is 2.79 bits per heavy atom. The minimum Gasteiger partial charge on any atom is -0.456 e. The first-order valence-corrected chi connectivity index (χ1v) is 7.55. The SMILES string of the molecule is Nc1cc(Cl)c(Cl)c(C(=O)OCc2sccc2Br)c1. The lowest BCUT2D eigenvalue weighted by Gasteiger charge is -2.08. The number of rotatable bonds is 3. The average Bonchev–Trinajstić information content (AvgIpc) is 2.76. The minimum absolute atomic E-state index is 0.145. The zero-order chi connectivity index (χ0) is 14.0. The van der Waals surface area contributed by atoms with Crippen molar-refractivity contribution in [2.45, 2.75) is 6.61 Å². The molecule has 3 nitrogen and oxygen atoms in total. The number of ether oxygens (including phenoxy) is 1. The number of esters is 1. The maximum atomic E-state index is 11.9. The number of benzene rings is 1. The van der Waals surface area contributed by atoms with Crippen LogP contribution in [0.25, 0.3) is 0 Å². The molecule has 2 N–H and O–H groups in total. The fourth-order valence-corrected chi connectivity index (χ4v) is 3.19. The molecule has 2 rings (SSSR count). The van der Waals surface area contributed by atoms with Crippen LogP contribution < -0.4 is 5.73 Å². The van der Waals surface area contributed by atoms with Crippen LogP contribution in [0.5, 0.6) is 0 Å². The van der Waals surface area contributed by atoms with Crippen LogP contribution in [0.15, 0.2) is 28.1 Å². The molecule has 0 unspecified atom stereocenters. The molecular weight excluding hydrogens is 373 g/mol. The van der Waals surface area contributed by atoms with Crippen molar-refractivity contribution >= 4 is 62.1 Å². The largest absolute Gasteiger partial charge is 0.456 e. The fourth-order valence-electron chi connectivity index (χ4n) is 1.40. The lowest BCUT2D eigenvalue weighted by Crippen LogP contribution is -2.06. The van der Waals surface area contributed by atoms with Crippen molar-refractivity contribution in [2.24, 2.45) is 0 Å². The number of nitrogen functional groups attached to an aromatic ring is 1. The lowest BCUT2D eigenvalue weighted by molar-refractivity contribution is 0.0476. The van der Waals surface area contributed by atoms with E-state index < -0.39 is 5.97 Å². The Morgan fingerprint density at radius 2 is 2.16 bits per heavy atom. The lowest BCUT2D eigenvalue weighted by atomic mass is 10.2. The summed E-state index contributed by atoms with van der Waals surface area (Å²) in [6, 6.07) is 4.81. The number of carbonyl (C=O) groups is 1. The van der Waals surface area contributed by atoms with Crippen molar-refractivity contribution in [3.63, 3.8) is 0 Å². The van der Waals surface area contributed by atoms with Gasteiger partial charge in [0.15, 0.2) is 0 Å². The molecule has 0 fully saturated rings. The Balaban J connectivity index is 2.15. The molecule has 1 aromatic carbocycles. The summed E-state index contributed by atoms with van der Waals surface area (Å²) >= 11 is 16.7. The van der Waals surface area contributed by atoms with Gasteiger partial charge in [-0.25, -0.2) is 4.79 Å². The van der Waals surface area contributed by atoms with Gasteiger partial charge in [0.05, 0.1) is 20.5 Å². The van der Waals surface area contributed by atoms with Gasteiger partial charge < -0.3 is 10.5 Å². The van der Waals surface area contributed by atoms with E-state index >= 15 is 0 Å². The van der Waals surface area contributed by atoms with Gasteiger partial charge in [-0.2, -0.15) is 0 Å². The van der Waals surface area contributed by atoms with E-state index in [0.717, 1.165) is 9.35 Å². The molecule has 0 saturated heterocycles.